The lowest BCUT2D eigenvalue weighted by Gasteiger charge is -2.24. The number of aliphatic carboxylic acids is 1. The number of rotatable bonds is 5. The van der Waals surface area contributed by atoms with Crippen LogP contribution in [0.1, 0.15) is 31.7 Å². The number of carbonyl (C=O) groups excluding carboxylic acids is 1. The van der Waals surface area contributed by atoms with E-state index in [9.17, 15) is 14.7 Å². The Balaban J connectivity index is 1.90. The Morgan fingerprint density at radius 3 is 3.00 bits per heavy atom. The summed E-state index contributed by atoms with van der Waals surface area (Å²) in [4.78, 5) is 25.1. The number of carbonyl (C=O) groups is 2. The molecule has 2 rings (SSSR count). The van der Waals surface area contributed by atoms with Crippen LogP contribution in [0.3, 0.4) is 0 Å². The SMILES string of the molecule is CCCC1(C(=O)O)CCN(C(=O)NCc2cn[nH]c2)C1. The summed E-state index contributed by atoms with van der Waals surface area (Å²) in [6.45, 7) is 3.13. The van der Waals surface area contributed by atoms with Gasteiger partial charge in [0.15, 0.2) is 0 Å². The van der Waals surface area contributed by atoms with Crippen LogP contribution in [0.5, 0.6) is 0 Å². The van der Waals surface area contributed by atoms with E-state index in [2.05, 4.69) is 15.5 Å². The van der Waals surface area contributed by atoms with Gasteiger partial charge in [-0.25, -0.2) is 4.79 Å². The molecule has 0 radical (unpaired) electrons. The van der Waals surface area contributed by atoms with Crippen LogP contribution in [0.4, 0.5) is 4.79 Å². The van der Waals surface area contributed by atoms with Crippen LogP contribution in [0, 0.1) is 5.41 Å². The molecular formula is C13H20N4O3. The van der Waals surface area contributed by atoms with E-state index in [1.165, 1.54) is 0 Å². The van der Waals surface area contributed by atoms with Crippen molar-refractivity contribution in [3.8, 4) is 0 Å². The lowest BCUT2D eigenvalue weighted by Crippen LogP contribution is -2.41. The van der Waals surface area contributed by atoms with E-state index in [4.69, 9.17) is 0 Å². The van der Waals surface area contributed by atoms with Crippen LogP contribution >= 0.6 is 0 Å². The normalized spacial score (nSPS) is 21.9. The highest BCUT2D eigenvalue weighted by molar-refractivity contribution is 5.79. The molecule has 2 heterocycles. The van der Waals surface area contributed by atoms with Crippen molar-refractivity contribution in [2.45, 2.75) is 32.7 Å². The van der Waals surface area contributed by atoms with E-state index in [0.717, 1.165) is 12.0 Å². The summed E-state index contributed by atoms with van der Waals surface area (Å²) < 4.78 is 0. The molecule has 2 amide bonds. The summed E-state index contributed by atoms with van der Waals surface area (Å²) >= 11 is 0. The first-order valence-corrected chi connectivity index (χ1v) is 6.81. The zero-order chi connectivity index (χ0) is 14.6. The van der Waals surface area contributed by atoms with Crippen LogP contribution in [0.15, 0.2) is 12.4 Å². The summed E-state index contributed by atoms with van der Waals surface area (Å²) in [6.07, 6.45) is 5.28. The first-order chi connectivity index (χ1) is 9.57. The van der Waals surface area contributed by atoms with Gasteiger partial charge in [0.25, 0.3) is 0 Å². The lowest BCUT2D eigenvalue weighted by atomic mass is 9.83. The smallest absolute Gasteiger partial charge is 0.317 e. The van der Waals surface area contributed by atoms with Crippen molar-refractivity contribution in [1.29, 1.82) is 0 Å². The third-order valence-corrected chi connectivity index (χ3v) is 3.82. The average molecular weight is 280 g/mol. The second-order valence-corrected chi connectivity index (χ2v) is 5.27. The molecule has 110 valence electrons. The molecule has 0 spiro atoms. The zero-order valence-electron chi connectivity index (χ0n) is 11.6. The van der Waals surface area contributed by atoms with Crippen molar-refractivity contribution >= 4 is 12.0 Å². The van der Waals surface area contributed by atoms with Gasteiger partial charge in [-0.05, 0) is 12.8 Å². The summed E-state index contributed by atoms with van der Waals surface area (Å²) in [7, 11) is 0. The molecule has 0 aliphatic carbocycles. The summed E-state index contributed by atoms with van der Waals surface area (Å²) in [5.41, 5.74) is 0.109. The van der Waals surface area contributed by atoms with Gasteiger partial charge in [-0.15, -0.1) is 0 Å². The van der Waals surface area contributed by atoms with E-state index in [-0.39, 0.29) is 12.6 Å². The van der Waals surface area contributed by atoms with Gasteiger partial charge in [-0.1, -0.05) is 13.3 Å². The first kappa shape index (κ1) is 14.4. The van der Waals surface area contributed by atoms with Crippen molar-refractivity contribution in [2.24, 2.45) is 5.41 Å². The van der Waals surface area contributed by atoms with Crippen LogP contribution in [-0.4, -0.2) is 45.3 Å². The van der Waals surface area contributed by atoms with Crippen molar-refractivity contribution in [3.05, 3.63) is 18.0 Å². The molecule has 1 atom stereocenters. The van der Waals surface area contributed by atoms with Crippen LogP contribution in [0.2, 0.25) is 0 Å². The maximum Gasteiger partial charge on any atom is 0.317 e. The molecule has 1 aromatic heterocycles. The zero-order valence-corrected chi connectivity index (χ0v) is 11.6. The molecule has 1 saturated heterocycles. The number of carboxylic acids is 1. The molecule has 3 N–H and O–H groups in total. The van der Waals surface area contributed by atoms with Gasteiger partial charge in [-0.2, -0.15) is 5.10 Å². The van der Waals surface area contributed by atoms with Gasteiger partial charge in [0.2, 0.25) is 0 Å². The number of urea groups is 1. The largest absolute Gasteiger partial charge is 0.481 e. The molecular weight excluding hydrogens is 260 g/mol. The van der Waals surface area contributed by atoms with Crippen molar-refractivity contribution < 1.29 is 14.7 Å². The van der Waals surface area contributed by atoms with Crippen LogP contribution in [0.25, 0.3) is 0 Å². The van der Waals surface area contributed by atoms with Gasteiger partial charge in [0.1, 0.15) is 0 Å². The van der Waals surface area contributed by atoms with E-state index in [1.807, 2.05) is 6.92 Å². The predicted molar refractivity (Wildman–Crippen MR) is 72.0 cm³/mol. The molecule has 20 heavy (non-hydrogen) atoms. The number of H-pyrrole nitrogens is 1. The molecule has 1 aliphatic rings. The molecule has 0 bridgehead atoms. The topological polar surface area (TPSA) is 98.3 Å². The van der Waals surface area contributed by atoms with Gasteiger partial charge < -0.3 is 15.3 Å². The molecule has 1 aliphatic heterocycles. The summed E-state index contributed by atoms with van der Waals surface area (Å²) in [6, 6.07) is -0.217. The Labute approximate surface area is 117 Å². The fraction of sp³-hybridized carbons (Fsp3) is 0.615. The number of nitrogens with zero attached hydrogens (tertiary/aromatic N) is 2. The number of hydrogen-bond acceptors (Lipinski definition) is 3. The number of carboxylic acid groups (broad SMARTS) is 1. The van der Waals surface area contributed by atoms with E-state index in [0.29, 0.717) is 25.9 Å². The van der Waals surface area contributed by atoms with Crippen LogP contribution < -0.4 is 5.32 Å². The Morgan fingerprint density at radius 1 is 1.60 bits per heavy atom. The average Bonchev–Trinajstić information content (AvgIpc) is 3.06. The van der Waals surface area contributed by atoms with Crippen molar-refractivity contribution in [3.63, 3.8) is 0 Å². The third-order valence-electron chi connectivity index (χ3n) is 3.82. The minimum absolute atomic E-state index is 0.217. The molecule has 7 heteroatoms. The Kier molecular flexibility index (Phi) is 4.26. The predicted octanol–water partition coefficient (Wildman–Crippen LogP) is 1.20. The number of nitrogens with one attached hydrogen (secondary N) is 2. The number of hydrogen-bond donors (Lipinski definition) is 3. The maximum absolute atomic E-state index is 12.0. The molecule has 0 saturated carbocycles. The number of aromatic nitrogens is 2. The van der Waals surface area contributed by atoms with Crippen molar-refractivity contribution in [2.75, 3.05) is 13.1 Å². The Morgan fingerprint density at radius 2 is 2.40 bits per heavy atom. The summed E-state index contributed by atoms with van der Waals surface area (Å²) in [5, 5.41) is 18.7. The van der Waals surface area contributed by atoms with Gasteiger partial charge in [0.05, 0.1) is 11.6 Å². The fourth-order valence-electron chi connectivity index (χ4n) is 2.67. The van der Waals surface area contributed by atoms with E-state index >= 15 is 0 Å². The number of likely N-dealkylation sites (tertiary alicyclic amines) is 1. The minimum Gasteiger partial charge on any atom is -0.481 e. The second kappa shape index (κ2) is 5.94. The molecule has 1 fully saturated rings. The number of aromatic amines is 1. The lowest BCUT2D eigenvalue weighted by molar-refractivity contribution is -0.148. The van der Waals surface area contributed by atoms with E-state index in [1.54, 1.807) is 17.3 Å². The van der Waals surface area contributed by atoms with Gasteiger partial charge in [-0.3, -0.25) is 9.89 Å². The maximum atomic E-state index is 12.0. The summed E-state index contributed by atoms with van der Waals surface area (Å²) in [5.74, 6) is -0.801. The third kappa shape index (κ3) is 2.92. The standard InChI is InChI=1S/C13H20N4O3/c1-2-3-13(11(18)19)4-5-17(9-13)12(20)14-6-10-7-15-16-8-10/h7-8H,2-6,9H2,1H3,(H,14,20)(H,15,16)(H,18,19). The van der Waals surface area contributed by atoms with E-state index < -0.39 is 11.4 Å². The quantitative estimate of drug-likeness (QED) is 0.754. The Bertz CT molecular complexity index is 474. The van der Waals surface area contributed by atoms with Gasteiger partial charge >= 0.3 is 12.0 Å². The molecule has 7 nitrogen and oxygen atoms in total. The highest BCUT2D eigenvalue weighted by atomic mass is 16.4. The second-order valence-electron chi connectivity index (χ2n) is 5.27. The highest BCUT2D eigenvalue weighted by Gasteiger charge is 2.45. The monoisotopic (exact) mass is 280 g/mol. The Hall–Kier alpha value is -2.05. The highest BCUT2D eigenvalue weighted by Crippen LogP contribution is 2.35. The molecule has 0 aromatic carbocycles. The fourth-order valence-corrected chi connectivity index (χ4v) is 2.67. The minimum atomic E-state index is -0.801. The van der Waals surface area contributed by atoms with Crippen LogP contribution in [-0.2, 0) is 11.3 Å². The molecule has 1 aromatic rings. The first-order valence-electron chi connectivity index (χ1n) is 6.81. The number of amides is 2. The van der Waals surface area contributed by atoms with Crippen molar-refractivity contribution in [1.82, 2.24) is 20.4 Å². The van der Waals surface area contributed by atoms with Gasteiger partial charge in [0, 0.05) is 31.4 Å². The molecule has 1 unspecified atom stereocenters.